The highest BCUT2D eigenvalue weighted by Crippen LogP contribution is 2.25. The van der Waals surface area contributed by atoms with E-state index in [1.807, 2.05) is 27.0 Å². The summed E-state index contributed by atoms with van der Waals surface area (Å²) < 4.78 is 1.78. The zero-order valence-electron chi connectivity index (χ0n) is 10.3. The van der Waals surface area contributed by atoms with Gasteiger partial charge in [-0.3, -0.25) is 4.68 Å². The number of halogens is 1. The van der Waals surface area contributed by atoms with Crippen LogP contribution in [0.1, 0.15) is 12.6 Å². The smallest absolute Gasteiger partial charge is 0.228 e. The number of anilines is 1. The monoisotopic (exact) mass is 284 g/mol. The number of hydrogen-bond donors (Lipinski definition) is 1. The average Bonchev–Trinajstić information content (AvgIpc) is 2.57. The van der Waals surface area contributed by atoms with Crippen molar-refractivity contribution in [3.8, 4) is 0 Å². The minimum atomic E-state index is 0.183. The maximum Gasteiger partial charge on any atom is 0.228 e. The van der Waals surface area contributed by atoms with Crippen LogP contribution in [0.15, 0.2) is 16.2 Å². The summed E-state index contributed by atoms with van der Waals surface area (Å²) in [5.74, 6) is 0.485. The molecule has 0 aliphatic rings. The van der Waals surface area contributed by atoms with Crippen LogP contribution >= 0.6 is 23.4 Å². The van der Waals surface area contributed by atoms with E-state index in [2.05, 4.69) is 25.4 Å². The third-order valence-corrected chi connectivity index (χ3v) is 3.20. The lowest BCUT2D eigenvalue weighted by Gasteiger charge is -2.04. The molecule has 0 aromatic carbocycles. The maximum absolute atomic E-state index is 5.86. The second-order valence-corrected chi connectivity index (χ2v) is 4.92. The topological polar surface area (TPSA) is 68.5 Å². The van der Waals surface area contributed by atoms with Crippen LogP contribution in [0.2, 0.25) is 5.28 Å². The Labute approximate surface area is 114 Å². The van der Waals surface area contributed by atoms with Crippen molar-refractivity contribution in [3.05, 3.63) is 17.0 Å². The fourth-order valence-corrected chi connectivity index (χ4v) is 2.45. The molecule has 0 unspecified atom stereocenters. The van der Waals surface area contributed by atoms with Crippen LogP contribution in [0.4, 0.5) is 5.95 Å². The van der Waals surface area contributed by atoms with Gasteiger partial charge >= 0.3 is 0 Å². The van der Waals surface area contributed by atoms with Crippen molar-refractivity contribution in [2.75, 3.05) is 11.9 Å². The predicted molar refractivity (Wildman–Crippen MR) is 71.1 cm³/mol. The molecule has 2 rings (SSSR count). The lowest BCUT2D eigenvalue weighted by Crippen LogP contribution is -2.04. The third kappa shape index (κ3) is 3.11. The van der Waals surface area contributed by atoms with Crippen LogP contribution in [0.5, 0.6) is 0 Å². The third-order valence-electron chi connectivity index (χ3n) is 2.08. The minimum Gasteiger partial charge on any atom is -0.354 e. The van der Waals surface area contributed by atoms with Gasteiger partial charge in [-0.2, -0.15) is 20.1 Å². The molecule has 0 atom stereocenters. The van der Waals surface area contributed by atoms with E-state index in [1.165, 1.54) is 11.8 Å². The quantitative estimate of drug-likeness (QED) is 0.928. The van der Waals surface area contributed by atoms with E-state index in [-0.39, 0.29) is 5.28 Å². The van der Waals surface area contributed by atoms with E-state index in [1.54, 1.807) is 4.68 Å². The first-order valence-corrected chi connectivity index (χ1v) is 6.62. The molecule has 0 aliphatic heterocycles. The standard InChI is InChI=1S/C10H13ClN6S/c1-4-12-9-13-8(11)14-10(15-9)18-7-5-6(2)16-17(7)3/h5H,4H2,1-3H3,(H,12,13,14,15). The molecule has 0 spiro atoms. The van der Waals surface area contributed by atoms with Crippen LogP contribution in [-0.2, 0) is 7.05 Å². The van der Waals surface area contributed by atoms with Gasteiger partial charge in [-0.1, -0.05) is 0 Å². The molecule has 2 aromatic heterocycles. The lowest BCUT2D eigenvalue weighted by molar-refractivity contribution is 0.691. The van der Waals surface area contributed by atoms with Crippen molar-refractivity contribution in [1.29, 1.82) is 0 Å². The highest BCUT2D eigenvalue weighted by Gasteiger charge is 2.09. The molecule has 0 amide bonds. The van der Waals surface area contributed by atoms with Gasteiger partial charge < -0.3 is 5.32 Å². The molecular weight excluding hydrogens is 272 g/mol. The molecule has 0 aliphatic carbocycles. The first kappa shape index (κ1) is 13.1. The van der Waals surface area contributed by atoms with Gasteiger partial charge in [-0.05, 0) is 43.3 Å². The van der Waals surface area contributed by atoms with Crippen molar-refractivity contribution in [2.24, 2.45) is 7.05 Å². The van der Waals surface area contributed by atoms with Crippen molar-refractivity contribution < 1.29 is 0 Å². The van der Waals surface area contributed by atoms with E-state index < -0.39 is 0 Å². The molecule has 18 heavy (non-hydrogen) atoms. The Morgan fingerprint density at radius 1 is 1.39 bits per heavy atom. The second kappa shape index (κ2) is 5.53. The number of aromatic nitrogens is 5. The molecule has 0 saturated heterocycles. The summed E-state index contributed by atoms with van der Waals surface area (Å²) in [5, 5.41) is 8.96. The summed E-state index contributed by atoms with van der Waals surface area (Å²) in [6.07, 6.45) is 0. The van der Waals surface area contributed by atoms with Gasteiger partial charge in [0.1, 0.15) is 5.03 Å². The summed E-state index contributed by atoms with van der Waals surface area (Å²) in [4.78, 5) is 12.3. The Morgan fingerprint density at radius 2 is 2.17 bits per heavy atom. The van der Waals surface area contributed by atoms with Crippen molar-refractivity contribution in [2.45, 2.75) is 24.0 Å². The summed E-state index contributed by atoms with van der Waals surface area (Å²) >= 11 is 7.26. The molecule has 0 radical (unpaired) electrons. The Morgan fingerprint density at radius 3 is 2.78 bits per heavy atom. The highest BCUT2D eigenvalue weighted by atomic mass is 35.5. The average molecular weight is 285 g/mol. The summed E-state index contributed by atoms with van der Waals surface area (Å²) in [6.45, 7) is 4.64. The summed E-state index contributed by atoms with van der Waals surface area (Å²) in [7, 11) is 1.88. The van der Waals surface area contributed by atoms with Gasteiger partial charge in [0.25, 0.3) is 0 Å². The Bertz CT molecular complexity index is 555. The van der Waals surface area contributed by atoms with Gasteiger partial charge in [0.05, 0.1) is 5.69 Å². The SMILES string of the molecule is CCNc1nc(Cl)nc(Sc2cc(C)nn2C)n1. The molecule has 8 heteroatoms. The Kier molecular flexibility index (Phi) is 4.03. The van der Waals surface area contributed by atoms with Crippen molar-refractivity contribution in [3.63, 3.8) is 0 Å². The highest BCUT2D eigenvalue weighted by molar-refractivity contribution is 7.99. The number of rotatable bonds is 4. The van der Waals surface area contributed by atoms with Crippen LogP contribution in [0.25, 0.3) is 0 Å². The molecule has 2 aromatic rings. The number of aryl methyl sites for hydroxylation is 2. The molecule has 0 fully saturated rings. The van der Waals surface area contributed by atoms with Crippen molar-refractivity contribution in [1.82, 2.24) is 24.7 Å². The fraction of sp³-hybridized carbons (Fsp3) is 0.400. The van der Waals surface area contributed by atoms with E-state index in [9.17, 15) is 0 Å². The molecule has 96 valence electrons. The molecular formula is C10H13ClN6S. The molecule has 6 nitrogen and oxygen atoms in total. The maximum atomic E-state index is 5.86. The second-order valence-electron chi connectivity index (χ2n) is 3.59. The van der Waals surface area contributed by atoms with Crippen molar-refractivity contribution >= 4 is 29.3 Å². The lowest BCUT2D eigenvalue weighted by atomic mass is 10.5. The number of hydrogen-bond acceptors (Lipinski definition) is 6. The van der Waals surface area contributed by atoms with Crippen LogP contribution < -0.4 is 5.32 Å². The normalized spacial score (nSPS) is 10.7. The first-order valence-electron chi connectivity index (χ1n) is 5.42. The van der Waals surface area contributed by atoms with E-state index in [0.717, 1.165) is 17.3 Å². The molecule has 1 N–H and O–H groups in total. The zero-order chi connectivity index (χ0) is 13.1. The van der Waals surface area contributed by atoms with E-state index in [4.69, 9.17) is 11.6 Å². The van der Waals surface area contributed by atoms with Crippen LogP contribution in [0.3, 0.4) is 0 Å². The Hall–Kier alpha value is -1.34. The molecule has 0 saturated carbocycles. The number of nitrogens with zero attached hydrogens (tertiary/aromatic N) is 5. The first-order chi connectivity index (χ1) is 8.58. The predicted octanol–water partition coefficient (Wildman–Crippen LogP) is 2.15. The van der Waals surface area contributed by atoms with Gasteiger partial charge in [0.15, 0.2) is 5.16 Å². The largest absolute Gasteiger partial charge is 0.354 e. The fourth-order valence-electron chi connectivity index (χ4n) is 1.39. The van der Waals surface area contributed by atoms with Gasteiger partial charge in [-0.15, -0.1) is 0 Å². The summed E-state index contributed by atoms with van der Waals surface area (Å²) in [5.41, 5.74) is 0.951. The van der Waals surface area contributed by atoms with E-state index >= 15 is 0 Å². The van der Waals surface area contributed by atoms with Gasteiger partial charge in [-0.25, -0.2) is 0 Å². The number of nitrogens with one attached hydrogen (secondary N) is 1. The molecule has 2 heterocycles. The van der Waals surface area contributed by atoms with E-state index in [0.29, 0.717) is 11.1 Å². The van der Waals surface area contributed by atoms with Gasteiger partial charge in [0.2, 0.25) is 11.2 Å². The van der Waals surface area contributed by atoms with Crippen LogP contribution in [-0.4, -0.2) is 31.3 Å². The Balaban J connectivity index is 2.25. The summed E-state index contributed by atoms with van der Waals surface area (Å²) in [6, 6.07) is 1.97. The molecule has 0 bridgehead atoms. The zero-order valence-corrected chi connectivity index (χ0v) is 11.9. The minimum absolute atomic E-state index is 0.183. The van der Waals surface area contributed by atoms with Crippen LogP contribution in [0, 0.1) is 6.92 Å². The van der Waals surface area contributed by atoms with Gasteiger partial charge in [0, 0.05) is 13.6 Å².